The standard InChI is InChI=1S/C13H12INO2S/c1-2-17-13(16)12-10(15)7-11(18-12)8-5-3-4-6-9(8)14/h3-7H,2,15H2,1H3. The highest BCUT2D eigenvalue weighted by atomic mass is 127. The van der Waals surface area contributed by atoms with Crippen molar-refractivity contribution in [1.82, 2.24) is 0 Å². The molecule has 0 aliphatic rings. The Hall–Kier alpha value is -1.08. The Bertz CT molecular complexity index is 580. The second-order valence-corrected chi connectivity index (χ2v) is 5.81. The van der Waals surface area contributed by atoms with E-state index < -0.39 is 0 Å². The van der Waals surface area contributed by atoms with Gasteiger partial charge in [-0.2, -0.15) is 0 Å². The molecule has 5 heteroatoms. The van der Waals surface area contributed by atoms with Crippen LogP contribution in [0.25, 0.3) is 10.4 Å². The summed E-state index contributed by atoms with van der Waals surface area (Å²) in [4.78, 5) is 13.2. The van der Waals surface area contributed by atoms with E-state index in [-0.39, 0.29) is 5.97 Å². The largest absolute Gasteiger partial charge is 0.462 e. The number of carbonyl (C=O) groups is 1. The van der Waals surface area contributed by atoms with Crippen LogP contribution in [0.4, 0.5) is 5.69 Å². The molecular weight excluding hydrogens is 361 g/mol. The predicted molar refractivity (Wildman–Crippen MR) is 82.8 cm³/mol. The van der Waals surface area contributed by atoms with Crippen molar-refractivity contribution in [3.05, 3.63) is 38.8 Å². The lowest BCUT2D eigenvalue weighted by Crippen LogP contribution is -2.04. The van der Waals surface area contributed by atoms with E-state index in [0.29, 0.717) is 17.2 Å². The summed E-state index contributed by atoms with van der Waals surface area (Å²) in [6.45, 7) is 2.14. The first-order chi connectivity index (χ1) is 8.63. The number of anilines is 1. The Balaban J connectivity index is 2.41. The molecule has 1 heterocycles. The first-order valence-corrected chi connectivity index (χ1v) is 7.34. The maximum absolute atomic E-state index is 11.7. The van der Waals surface area contributed by atoms with Crippen molar-refractivity contribution in [3.8, 4) is 10.4 Å². The summed E-state index contributed by atoms with van der Waals surface area (Å²) in [6.07, 6.45) is 0. The van der Waals surface area contributed by atoms with Gasteiger partial charge in [-0.1, -0.05) is 18.2 Å². The highest BCUT2D eigenvalue weighted by Gasteiger charge is 2.17. The average Bonchev–Trinajstić information content (AvgIpc) is 2.72. The number of hydrogen-bond acceptors (Lipinski definition) is 4. The van der Waals surface area contributed by atoms with Gasteiger partial charge in [-0.25, -0.2) is 4.79 Å². The lowest BCUT2D eigenvalue weighted by atomic mass is 10.2. The molecule has 0 aliphatic heterocycles. The molecular formula is C13H12INO2S. The first-order valence-electron chi connectivity index (χ1n) is 5.44. The molecule has 94 valence electrons. The summed E-state index contributed by atoms with van der Waals surface area (Å²) < 4.78 is 6.11. The summed E-state index contributed by atoms with van der Waals surface area (Å²) >= 11 is 3.64. The summed E-state index contributed by atoms with van der Waals surface area (Å²) in [5.74, 6) is -0.350. The van der Waals surface area contributed by atoms with Gasteiger partial charge in [-0.3, -0.25) is 0 Å². The molecule has 1 aromatic heterocycles. The lowest BCUT2D eigenvalue weighted by molar-refractivity contribution is 0.0533. The molecule has 0 bridgehead atoms. The first kappa shape index (κ1) is 13.4. The number of nitrogens with two attached hydrogens (primary N) is 1. The van der Waals surface area contributed by atoms with Crippen LogP contribution in [0.3, 0.4) is 0 Å². The van der Waals surface area contributed by atoms with E-state index in [1.807, 2.05) is 30.3 Å². The van der Waals surface area contributed by atoms with Crippen LogP contribution in [-0.2, 0) is 4.74 Å². The lowest BCUT2D eigenvalue weighted by Gasteiger charge is -2.00. The van der Waals surface area contributed by atoms with E-state index >= 15 is 0 Å². The second-order valence-electron chi connectivity index (χ2n) is 3.60. The second kappa shape index (κ2) is 5.71. The number of ether oxygens (including phenoxy) is 1. The average molecular weight is 373 g/mol. The van der Waals surface area contributed by atoms with Gasteiger partial charge in [0, 0.05) is 14.0 Å². The molecule has 0 fully saturated rings. The Labute approximate surface area is 123 Å². The van der Waals surface area contributed by atoms with Crippen molar-refractivity contribution < 1.29 is 9.53 Å². The number of benzene rings is 1. The van der Waals surface area contributed by atoms with E-state index in [4.69, 9.17) is 10.5 Å². The van der Waals surface area contributed by atoms with Gasteiger partial charge in [-0.05, 0) is 41.6 Å². The van der Waals surface area contributed by atoms with Gasteiger partial charge < -0.3 is 10.5 Å². The van der Waals surface area contributed by atoms with Crippen molar-refractivity contribution in [2.24, 2.45) is 0 Å². The SMILES string of the molecule is CCOC(=O)c1sc(-c2ccccc2I)cc1N. The van der Waals surface area contributed by atoms with Crippen LogP contribution in [-0.4, -0.2) is 12.6 Å². The van der Waals surface area contributed by atoms with Crippen molar-refractivity contribution in [1.29, 1.82) is 0 Å². The van der Waals surface area contributed by atoms with Gasteiger partial charge in [0.2, 0.25) is 0 Å². The van der Waals surface area contributed by atoms with Crippen LogP contribution < -0.4 is 5.73 Å². The molecule has 0 amide bonds. The van der Waals surface area contributed by atoms with E-state index in [1.165, 1.54) is 11.3 Å². The van der Waals surface area contributed by atoms with Crippen LogP contribution >= 0.6 is 33.9 Å². The molecule has 2 N–H and O–H groups in total. The van der Waals surface area contributed by atoms with E-state index in [9.17, 15) is 4.79 Å². The molecule has 3 nitrogen and oxygen atoms in total. The third kappa shape index (κ3) is 2.67. The molecule has 0 aliphatic carbocycles. The van der Waals surface area contributed by atoms with Gasteiger partial charge in [0.25, 0.3) is 0 Å². The van der Waals surface area contributed by atoms with Gasteiger partial charge in [0.05, 0.1) is 12.3 Å². The quantitative estimate of drug-likeness (QED) is 0.658. The number of halogens is 1. The van der Waals surface area contributed by atoms with Crippen molar-refractivity contribution in [2.45, 2.75) is 6.92 Å². The minimum absolute atomic E-state index is 0.350. The summed E-state index contributed by atoms with van der Waals surface area (Å²) in [7, 11) is 0. The fourth-order valence-corrected chi connectivity index (χ4v) is 3.43. The maximum Gasteiger partial charge on any atom is 0.350 e. The Kier molecular flexibility index (Phi) is 4.23. The summed E-state index contributed by atoms with van der Waals surface area (Å²) in [5.41, 5.74) is 7.44. The summed E-state index contributed by atoms with van der Waals surface area (Å²) in [6, 6.07) is 9.82. The number of carbonyl (C=O) groups excluding carboxylic acids is 1. The molecule has 0 atom stereocenters. The fourth-order valence-electron chi connectivity index (χ4n) is 1.56. The smallest absolute Gasteiger partial charge is 0.350 e. The van der Waals surface area contributed by atoms with Crippen molar-refractivity contribution >= 4 is 45.6 Å². The van der Waals surface area contributed by atoms with Crippen LogP contribution in [0, 0.1) is 3.57 Å². The third-order valence-electron chi connectivity index (χ3n) is 2.36. The third-order valence-corrected chi connectivity index (χ3v) is 4.47. The molecule has 1 aromatic carbocycles. The van der Waals surface area contributed by atoms with Crippen LogP contribution in [0.2, 0.25) is 0 Å². The number of thiophene rings is 1. The normalized spacial score (nSPS) is 10.3. The zero-order valence-electron chi connectivity index (χ0n) is 9.77. The summed E-state index contributed by atoms with van der Waals surface area (Å²) in [5, 5.41) is 0. The number of rotatable bonds is 3. The maximum atomic E-state index is 11.7. The molecule has 0 saturated heterocycles. The molecule has 2 aromatic rings. The van der Waals surface area contributed by atoms with Crippen molar-refractivity contribution in [2.75, 3.05) is 12.3 Å². The Morgan fingerprint density at radius 3 is 2.83 bits per heavy atom. The van der Waals surface area contributed by atoms with Gasteiger partial charge in [0.15, 0.2) is 0 Å². The minimum atomic E-state index is -0.350. The number of hydrogen-bond donors (Lipinski definition) is 1. The molecule has 2 rings (SSSR count). The minimum Gasteiger partial charge on any atom is -0.462 e. The zero-order chi connectivity index (χ0) is 13.1. The fraction of sp³-hybridized carbons (Fsp3) is 0.154. The number of esters is 1. The van der Waals surface area contributed by atoms with Gasteiger partial charge in [0.1, 0.15) is 4.88 Å². The number of nitrogen functional groups attached to an aromatic ring is 1. The molecule has 0 spiro atoms. The monoisotopic (exact) mass is 373 g/mol. The van der Waals surface area contributed by atoms with E-state index in [0.717, 1.165) is 14.0 Å². The van der Waals surface area contributed by atoms with Crippen LogP contribution in [0.1, 0.15) is 16.6 Å². The molecule has 0 radical (unpaired) electrons. The van der Waals surface area contributed by atoms with E-state index in [1.54, 1.807) is 6.92 Å². The van der Waals surface area contributed by atoms with Crippen LogP contribution in [0.5, 0.6) is 0 Å². The van der Waals surface area contributed by atoms with Gasteiger partial charge >= 0.3 is 5.97 Å². The zero-order valence-corrected chi connectivity index (χ0v) is 12.7. The van der Waals surface area contributed by atoms with E-state index in [2.05, 4.69) is 22.6 Å². The molecule has 18 heavy (non-hydrogen) atoms. The van der Waals surface area contributed by atoms with Gasteiger partial charge in [-0.15, -0.1) is 11.3 Å². The predicted octanol–water partition coefficient (Wildman–Crippen LogP) is 3.78. The van der Waals surface area contributed by atoms with Crippen LogP contribution in [0.15, 0.2) is 30.3 Å². The Morgan fingerprint density at radius 2 is 2.17 bits per heavy atom. The molecule has 0 unspecified atom stereocenters. The highest BCUT2D eigenvalue weighted by Crippen LogP contribution is 2.35. The molecule has 0 saturated carbocycles. The van der Waals surface area contributed by atoms with Crippen molar-refractivity contribution in [3.63, 3.8) is 0 Å². The highest BCUT2D eigenvalue weighted by molar-refractivity contribution is 14.1. The Morgan fingerprint density at radius 1 is 1.44 bits per heavy atom. The topological polar surface area (TPSA) is 52.3 Å².